The molecule has 248 valence electrons. The lowest BCUT2D eigenvalue weighted by atomic mass is 10.0. The van der Waals surface area contributed by atoms with E-state index in [0.29, 0.717) is 24.7 Å². The molecule has 3 aromatic carbocycles. The van der Waals surface area contributed by atoms with Crippen molar-refractivity contribution in [2.75, 3.05) is 39.6 Å². The van der Waals surface area contributed by atoms with E-state index in [9.17, 15) is 9.59 Å². The first-order valence-electron chi connectivity index (χ1n) is 16.4. The molecule has 0 radical (unpaired) electrons. The molecule has 0 N–H and O–H groups in total. The van der Waals surface area contributed by atoms with E-state index in [1.165, 1.54) is 0 Å². The van der Waals surface area contributed by atoms with Crippen LogP contribution in [0.15, 0.2) is 46.9 Å². The first kappa shape index (κ1) is 36.6. The normalized spacial score (nSPS) is 12.6. The first-order valence-corrected chi connectivity index (χ1v) is 17.1. The molecular formula is C36H49BrO8. The zero-order valence-corrected chi connectivity index (χ0v) is 28.8. The van der Waals surface area contributed by atoms with Gasteiger partial charge in [0.25, 0.3) is 0 Å². The third kappa shape index (κ3) is 11.8. The van der Waals surface area contributed by atoms with Gasteiger partial charge >= 0.3 is 11.9 Å². The molecule has 2 atom stereocenters. The van der Waals surface area contributed by atoms with E-state index in [1.807, 2.05) is 42.5 Å². The summed E-state index contributed by atoms with van der Waals surface area (Å²) in [6.45, 7) is 9.84. The van der Waals surface area contributed by atoms with Crippen LogP contribution in [-0.4, -0.2) is 63.8 Å². The molecular weight excluding hydrogens is 640 g/mol. The summed E-state index contributed by atoms with van der Waals surface area (Å²) in [4.78, 5) is 24.4. The molecule has 0 bridgehead atoms. The van der Waals surface area contributed by atoms with Crippen molar-refractivity contribution in [3.05, 3.63) is 46.9 Å². The van der Waals surface area contributed by atoms with Gasteiger partial charge in [0, 0.05) is 52.1 Å². The molecule has 9 heteroatoms. The molecule has 0 aliphatic carbocycles. The van der Waals surface area contributed by atoms with Gasteiger partial charge in [-0.15, -0.1) is 0 Å². The number of fused-ring (bicyclic) bond motifs is 2. The van der Waals surface area contributed by atoms with Crippen LogP contribution in [0.3, 0.4) is 0 Å². The first-order chi connectivity index (χ1) is 21.9. The fourth-order valence-corrected chi connectivity index (χ4v) is 5.20. The minimum Gasteiger partial charge on any atom is -0.488 e. The molecule has 0 heterocycles. The zero-order valence-electron chi connectivity index (χ0n) is 27.2. The molecule has 3 aromatic rings. The average Bonchev–Trinajstić information content (AvgIpc) is 3.05. The van der Waals surface area contributed by atoms with E-state index in [0.717, 1.165) is 64.5 Å². The Bertz CT molecular complexity index is 1340. The minimum atomic E-state index is -0.553. The van der Waals surface area contributed by atoms with Crippen molar-refractivity contribution in [2.45, 2.75) is 91.3 Å². The van der Waals surface area contributed by atoms with E-state index in [4.69, 9.17) is 28.4 Å². The van der Waals surface area contributed by atoms with Crippen molar-refractivity contribution in [3.8, 4) is 11.5 Å². The Kier molecular flexibility index (Phi) is 16.5. The number of unbranched alkanes of at least 4 members (excludes halogenated alkanes) is 4. The van der Waals surface area contributed by atoms with Gasteiger partial charge in [-0.2, -0.15) is 0 Å². The Morgan fingerprint density at radius 3 is 1.56 bits per heavy atom. The lowest BCUT2D eigenvalue weighted by Crippen LogP contribution is -2.30. The van der Waals surface area contributed by atoms with Crippen LogP contribution >= 0.6 is 15.9 Å². The summed E-state index contributed by atoms with van der Waals surface area (Å²) >= 11 is 3.62. The number of carbonyl (C=O) groups excluding carboxylic acids is 2. The summed E-state index contributed by atoms with van der Waals surface area (Å²) in [6.07, 6.45) is 5.75. The summed E-state index contributed by atoms with van der Waals surface area (Å²) in [7, 11) is 0. The molecule has 0 saturated carbocycles. The largest absolute Gasteiger partial charge is 0.488 e. The number of benzene rings is 3. The number of hydrogen-bond donors (Lipinski definition) is 0. The van der Waals surface area contributed by atoms with Gasteiger partial charge in [0.05, 0.1) is 13.2 Å². The van der Waals surface area contributed by atoms with Gasteiger partial charge < -0.3 is 28.4 Å². The van der Waals surface area contributed by atoms with Gasteiger partial charge in [-0.05, 0) is 31.0 Å². The van der Waals surface area contributed by atoms with Gasteiger partial charge in [-0.1, -0.05) is 93.6 Å². The smallest absolute Gasteiger partial charge is 0.305 e. The fourth-order valence-electron chi connectivity index (χ4n) is 4.84. The van der Waals surface area contributed by atoms with Crippen molar-refractivity contribution >= 4 is 49.4 Å². The standard InChI is InChI=1S/C36H49BrO8/c1-5-9-13-19-40-22-27(44-33(38)7-3)24-42-35-29-15-11-12-16-30(29)36(32-21-26(37)17-18-31(32)35)43-25-28(45-34(39)8-4)23-41-20-14-10-6-2/h11-12,15-18,21,27-28H,5-10,13-14,19-20,22-25H2,1-4H3. The highest BCUT2D eigenvalue weighted by atomic mass is 79.9. The second-order valence-electron chi connectivity index (χ2n) is 11.0. The number of carbonyl (C=O) groups is 2. The second kappa shape index (κ2) is 20.3. The maximum atomic E-state index is 12.2. The topological polar surface area (TPSA) is 89.5 Å². The number of hydrogen-bond acceptors (Lipinski definition) is 8. The summed E-state index contributed by atoms with van der Waals surface area (Å²) in [5.74, 6) is 0.730. The summed E-state index contributed by atoms with van der Waals surface area (Å²) in [6, 6.07) is 13.8. The van der Waals surface area contributed by atoms with E-state index >= 15 is 0 Å². The van der Waals surface area contributed by atoms with Crippen molar-refractivity contribution in [1.29, 1.82) is 0 Å². The molecule has 0 aliphatic heterocycles. The Balaban J connectivity index is 1.90. The van der Waals surface area contributed by atoms with Crippen molar-refractivity contribution in [1.82, 2.24) is 0 Å². The van der Waals surface area contributed by atoms with Crippen LogP contribution < -0.4 is 9.47 Å². The van der Waals surface area contributed by atoms with Gasteiger partial charge in [0.1, 0.15) is 24.7 Å². The third-order valence-electron chi connectivity index (χ3n) is 7.28. The van der Waals surface area contributed by atoms with Crippen LogP contribution in [0.1, 0.15) is 79.1 Å². The predicted molar refractivity (Wildman–Crippen MR) is 181 cm³/mol. The van der Waals surface area contributed by atoms with E-state index in [-0.39, 0.29) is 51.2 Å². The van der Waals surface area contributed by atoms with Crippen molar-refractivity contribution in [3.63, 3.8) is 0 Å². The van der Waals surface area contributed by atoms with Crippen LogP contribution in [-0.2, 0) is 28.5 Å². The maximum absolute atomic E-state index is 12.2. The third-order valence-corrected chi connectivity index (χ3v) is 7.77. The molecule has 0 aromatic heterocycles. The average molecular weight is 690 g/mol. The summed E-state index contributed by atoms with van der Waals surface area (Å²) in [5, 5.41) is 3.37. The van der Waals surface area contributed by atoms with Gasteiger partial charge in [-0.3, -0.25) is 9.59 Å². The van der Waals surface area contributed by atoms with Crippen molar-refractivity contribution < 1.29 is 38.0 Å². The highest BCUT2D eigenvalue weighted by Gasteiger charge is 2.22. The molecule has 0 aliphatic rings. The number of rotatable bonds is 22. The number of halogens is 1. The SMILES string of the molecule is CCCCCOCC(COc1c2ccccc2c(OCC(COCCCCC)OC(=O)CC)c2cc(Br)ccc12)OC(=O)CC. The zero-order chi connectivity index (χ0) is 32.4. The quantitative estimate of drug-likeness (QED) is 0.0589. The Labute approximate surface area is 276 Å². The van der Waals surface area contributed by atoms with Crippen LogP contribution in [0.5, 0.6) is 11.5 Å². The Hall–Kier alpha value is -2.88. The predicted octanol–water partition coefficient (Wildman–Crippen LogP) is 8.57. The summed E-state index contributed by atoms with van der Waals surface area (Å²) in [5.41, 5.74) is 0. The Morgan fingerprint density at radius 1 is 0.622 bits per heavy atom. The van der Waals surface area contributed by atoms with Gasteiger partial charge in [0.15, 0.2) is 12.2 Å². The molecule has 0 fully saturated rings. The highest BCUT2D eigenvalue weighted by molar-refractivity contribution is 9.10. The van der Waals surface area contributed by atoms with E-state index < -0.39 is 12.2 Å². The van der Waals surface area contributed by atoms with Gasteiger partial charge in [-0.25, -0.2) is 0 Å². The molecule has 2 unspecified atom stereocenters. The number of esters is 2. The van der Waals surface area contributed by atoms with E-state index in [2.05, 4.69) is 29.8 Å². The summed E-state index contributed by atoms with van der Waals surface area (Å²) < 4.78 is 36.9. The van der Waals surface area contributed by atoms with Crippen LogP contribution in [0.4, 0.5) is 0 Å². The van der Waals surface area contributed by atoms with Crippen LogP contribution in [0.25, 0.3) is 21.5 Å². The maximum Gasteiger partial charge on any atom is 0.305 e. The van der Waals surface area contributed by atoms with Gasteiger partial charge in [0.2, 0.25) is 0 Å². The molecule has 3 rings (SSSR count). The lowest BCUT2D eigenvalue weighted by molar-refractivity contribution is -0.154. The van der Waals surface area contributed by atoms with E-state index in [1.54, 1.807) is 13.8 Å². The van der Waals surface area contributed by atoms with Crippen LogP contribution in [0.2, 0.25) is 0 Å². The monoisotopic (exact) mass is 688 g/mol. The highest BCUT2D eigenvalue weighted by Crippen LogP contribution is 2.43. The second-order valence-corrected chi connectivity index (χ2v) is 11.9. The molecule has 45 heavy (non-hydrogen) atoms. The minimum absolute atomic E-state index is 0.135. The fraction of sp³-hybridized carbons (Fsp3) is 0.556. The number of ether oxygens (including phenoxy) is 6. The molecule has 0 saturated heterocycles. The van der Waals surface area contributed by atoms with Crippen LogP contribution in [0, 0.1) is 0 Å². The Morgan fingerprint density at radius 2 is 1.09 bits per heavy atom. The molecule has 0 amide bonds. The molecule has 0 spiro atoms. The van der Waals surface area contributed by atoms with Crippen molar-refractivity contribution in [2.24, 2.45) is 0 Å². The lowest BCUT2D eigenvalue weighted by Gasteiger charge is -2.23. The molecule has 8 nitrogen and oxygen atoms in total.